The van der Waals surface area contributed by atoms with Gasteiger partial charge in [0, 0.05) is 19.6 Å². The van der Waals surface area contributed by atoms with Crippen molar-refractivity contribution in [3.05, 3.63) is 0 Å². The lowest BCUT2D eigenvalue weighted by molar-refractivity contribution is -0.136. The van der Waals surface area contributed by atoms with Crippen molar-refractivity contribution in [2.45, 2.75) is 50.8 Å². The minimum atomic E-state index is -4.24. The van der Waals surface area contributed by atoms with Gasteiger partial charge in [-0.15, -0.1) is 0 Å². The van der Waals surface area contributed by atoms with Crippen LogP contribution in [0.25, 0.3) is 0 Å². The van der Waals surface area contributed by atoms with Gasteiger partial charge in [0.05, 0.1) is 19.1 Å². The first-order chi connectivity index (χ1) is 11.9. The second-order valence-corrected chi connectivity index (χ2v) is 7.83. The summed E-state index contributed by atoms with van der Waals surface area (Å²) in [5, 5.41) is 6.14. The average Bonchev–Trinajstić information content (AvgIpc) is 3.30. The van der Waals surface area contributed by atoms with Gasteiger partial charge < -0.3 is 20.3 Å². The van der Waals surface area contributed by atoms with Crippen molar-refractivity contribution in [3.8, 4) is 0 Å². The Labute approximate surface area is 146 Å². The van der Waals surface area contributed by atoms with Gasteiger partial charge in [-0.25, -0.2) is 4.79 Å². The van der Waals surface area contributed by atoms with Crippen molar-refractivity contribution in [3.63, 3.8) is 0 Å². The molecule has 25 heavy (non-hydrogen) atoms. The number of halogens is 3. The molecule has 0 aromatic carbocycles. The first kappa shape index (κ1) is 18.8. The predicted molar refractivity (Wildman–Crippen MR) is 87.3 cm³/mol. The van der Waals surface area contributed by atoms with E-state index in [1.165, 1.54) is 4.90 Å². The van der Waals surface area contributed by atoms with E-state index in [1.807, 2.05) is 0 Å². The smallest absolute Gasteiger partial charge is 0.376 e. The van der Waals surface area contributed by atoms with Gasteiger partial charge >= 0.3 is 12.2 Å². The first-order valence-electron chi connectivity index (χ1n) is 9.27. The lowest BCUT2D eigenvalue weighted by Gasteiger charge is -2.32. The van der Waals surface area contributed by atoms with Gasteiger partial charge in [0.1, 0.15) is 0 Å². The molecule has 144 valence electrons. The van der Waals surface area contributed by atoms with Gasteiger partial charge in [-0.3, -0.25) is 0 Å². The minimum absolute atomic E-state index is 0.0348. The second-order valence-electron chi connectivity index (χ2n) is 7.83. The fraction of sp³-hybridized carbons (Fsp3) is 0.941. The molecule has 3 fully saturated rings. The van der Waals surface area contributed by atoms with Gasteiger partial charge in [0.25, 0.3) is 0 Å². The van der Waals surface area contributed by atoms with Crippen LogP contribution >= 0.6 is 0 Å². The SMILES string of the molecule is O=C(NCC1CC2(CCNCC2)CO1)N(CCC(F)(F)F)CC1CC1. The molecule has 2 amide bonds. The van der Waals surface area contributed by atoms with Crippen molar-refractivity contribution < 1.29 is 22.7 Å². The van der Waals surface area contributed by atoms with Crippen molar-refractivity contribution in [1.29, 1.82) is 0 Å². The largest absolute Gasteiger partial charge is 0.390 e. The molecule has 3 aliphatic rings. The highest BCUT2D eigenvalue weighted by Crippen LogP contribution is 2.40. The summed E-state index contributed by atoms with van der Waals surface area (Å²) in [6.07, 6.45) is -0.155. The van der Waals surface area contributed by atoms with Crippen molar-refractivity contribution in [1.82, 2.24) is 15.5 Å². The summed E-state index contributed by atoms with van der Waals surface area (Å²) in [7, 11) is 0. The molecule has 2 saturated heterocycles. The molecule has 2 heterocycles. The van der Waals surface area contributed by atoms with Crippen molar-refractivity contribution >= 4 is 6.03 Å². The topological polar surface area (TPSA) is 53.6 Å². The zero-order chi connectivity index (χ0) is 17.9. The Morgan fingerprint density at radius 1 is 1.28 bits per heavy atom. The summed E-state index contributed by atoms with van der Waals surface area (Å²) < 4.78 is 43.3. The maximum atomic E-state index is 12.5. The quantitative estimate of drug-likeness (QED) is 0.763. The van der Waals surface area contributed by atoms with Gasteiger partial charge in [-0.1, -0.05) is 0 Å². The van der Waals surface area contributed by atoms with E-state index in [9.17, 15) is 18.0 Å². The second kappa shape index (κ2) is 7.70. The lowest BCUT2D eigenvalue weighted by atomic mass is 9.77. The molecule has 0 bridgehead atoms. The van der Waals surface area contributed by atoms with Gasteiger partial charge in [0.2, 0.25) is 0 Å². The molecule has 8 heteroatoms. The Kier molecular flexibility index (Phi) is 5.78. The van der Waals surface area contributed by atoms with E-state index >= 15 is 0 Å². The normalized spacial score (nSPS) is 26.0. The minimum Gasteiger partial charge on any atom is -0.376 e. The Balaban J connectivity index is 1.44. The highest BCUT2D eigenvalue weighted by atomic mass is 19.4. The molecule has 0 aromatic rings. The number of nitrogens with one attached hydrogen (secondary N) is 2. The highest BCUT2D eigenvalue weighted by molar-refractivity contribution is 5.74. The van der Waals surface area contributed by atoms with E-state index in [1.54, 1.807) is 0 Å². The van der Waals surface area contributed by atoms with Crippen LogP contribution < -0.4 is 10.6 Å². The first-order valence-corrected chi connectivity index (χ1v) is 9.27. The molecular weight excluding hydrogens is 335 g/mol. The van der Waals surface area contributed by atoms with Gasteiger partial charge in [0.15, 0.2) is 0 Å². The number of carbonyl (C=O) groups is 1. The molecule has 2 N–H and O–H groups in total. The van der Waals surface area contributed by atoms with E-state index in [2.05, 4.69) is 10.6 Å². The van der Waals surface area contributed by atoms with E-state index < -0.39 is 18.6 Å². The van der Waals surface area contributed by atoms with Crippen LogP contribution in [0.5, 0.6) is 0 Å². The maximum absolute atomic E-state index is 12.5. The summed E-state index contributed by atoms with van der Waals surface area (Å²) in [5.41, 5.74) is 0.213. The number of amides is 2. The number of alkyl halides is 3. The summed E-state index contributed by atoms with van der Waals surface area (Å²) in [6.45, 7) is 3.23. The zero-order valence-corrected chi connectivity index (χ0v) is 14.5. The zero-order valence-electron chi connectivity index (χ0n) is 14.5. The van der Waals surface area contributed by atoms with Crippen LogP contribution in [0.1, 0.15) is 38.5 Å². The molecule has 0 aromatic heterocycles. The molecule has 1 aliphatic carbocycles. The fourth-order valence-electron chi connectivity index (χ4n) is 3.79. The van der Waals surface area contributed by atoms with E-state index in [4.69, 9.17) is 4.74 Å². The molecule has 1 saturated carbocycles. The third-order valence-electron chi connectivity index (χ3n) is 5.56. The van der Waals surface area contributed by atoms with Crippen LogP contribution in [0.2, 0.25) is 0 Å². The van der Waals surface area contributed by atoms with Crippen LogP contribution in [0.4, 0.5) is 18.0 Å². The van der Waals surface area contributed by atoms with Crippen LogP contribution in [0.3, 0.4) is 0 Å². The summed E-state index contributed by atoms with van der Waals surface area (Å²) in [4.78, 5) is 13.6. The number of hydrogen-bond donors (Lipinski definition) is 2. The number of nitrogens with zero attached hydrogens (tertiary/aromatic N) is 1. The lowest BCUT2D eigenvalue weighted by Crippen LogP contribution is -2.45. The average molecular weight is 363 g/mol. The molecule has 5 nitrogen and oxygen atoms in total. The number of rotatable bonds is 6. The molecule has 1 atom stereocenters. The van der Waals surface area contributed by atoms with Crippen LogP contribution in [0.15, 0.2) is 0 Å². The number of hydrogen-bond acceptors (Lipinski definition) is 3. The fourth-order valence-corrected chi connectivity index (χ4v) is 3.79. The van der Waals surface area contributed by atoms with Crippen LogP contribution in [-0.4, -0.2) is 62.5 Å². The summed E-state index contributed by atoms with van der Waals surface area (Å²) in [6, 6.07) is -0.397. The summed E-state index contributed by atoms with van der Waals surface area (Å²) >= 11 is 0. The molecule has 0 radical (unpaired) electrons. The molecule has 3 rings (SSSR count). The Morgan fingerprint density at radius 3 is 2.64 bits per heavy atom. The predicted octanol–water partition coefficient (Wildman–Crippen LogP) is 2.52. The Morgan fingerprint density at radius 2 is 2.00 bits per heavy atom. The van der Waals surface area contributed by atoms with E-state index in [-0.39, 0.29) is 18.1 Å². The molecule has 2 aliphatic heterocycles. The molecule has 1 unspecified atom stereocenters. The third-order valence-corrected chi connectivity index (χ3v) is 5.56. The number of piperidine rings is 1. The highest BCUT2D eigenvalue weighted by Gasteiger charge is 2.41. The molecule has 1 spiro atoms. The number of carbonyl (C=O) groups excluding carboxylic acids is 1. The number of urea groups is 1. The van der Waals surface area contributed by atoms with Crippen molar-refractivity contribution in [2.75, 3.05) is 39.3 Å². The Hall–Kier alpha value is -1.02. The Bertz CT molecular complexity index is 463. The standard InChI is InChI=1S/C17H28F3N3O2/c18-17(19,20)5-8-23(11-13-1-2-13)15(24)22-10-14-9-16(12-25-14)3-6-21-7-4-16/h13-14,21H,1-12H2,(H,22,24). The van der Waals surface area contributed by atoms with Crippen LogP contribution in [-0.2, 0) is 4.74 Å². The van der Waals surface area contributed by atoms with Gasteiger partial charge in [-0.2, -0.15) is 13.2 Å². The third kappa shape index (κ3) is 5.74. The van der Waals surface area contributed by atoms with Crippen molar-refractivity contribution in [2.24, 2.45) is 11.3 Å². The molecular formula is C17H28F3N3O2. The van der Waals surface area contributed by atoms with Crippen LogP contribution in [0, 0.1) is 11.3 Å². The number of ether oxygens (including phenoxy) is 1. The monoisotopic (exact) mass is 363 g/mol. The van der Waals surface area contributed by atoms with Gasteiger partial charge in [-0.05, 0) is 56.5 Å². The maximum Gasteiger partial charge on any atom is 0.390 e. The summed E-state index contributed by atoms with van der Waals surface area (Å²) in [5.74, 6) is 0.361. The van der Waals surface area contributed by atoms with E-state index in [0.29, 0.717) is 19.0 Å². The van der Waals surface area contributed by atoms with E-state index in [0.717, 1.165) is 51.8 Å².